The minimum atomic E-state index is -4.30. The number of fused-ring (bicyclic) bond motifs is 1. The van der Waals surface area contributed by atoms with Crippen molar-refractivity contribution in [3.05, 3.63) is 89.5 Å². The Morgan fingerprint density at radius 2 is 1.65 bits per heavy atom. The van der Waals surface area contributed by atoms with Crippen LogP contribution < -0.4 is 0 Å². The number of allylic oxidation sites excluding steroid dienone is 1. The van der Waals surface area contributed by atoms with Gasteiger partial charge >= 0.3 is 6.18 Å². The van der Waals surface area contributed by atoms with Crippen molar-refractivity contribution in [2.75, 3.05) is 0 Å². The summed E-state index contributed by atoms with van der Waals surface area (Å²) < 4.78 is 38.3. The molecular formula is C23H21F3. The first kappa shape index (κ1) is 18.2. The van der Waals surface area contributed by atoms with Gasteiger partial charge in [0.1, 0.15) is 0 Å². The Morgan fingerprint density at radius 1 is 0.923 bits per heavy atom. The third-order valence-electron chi connectivity index (χ3n) is 4.64. The molecule has 134 valence electrons. The van der Waals surface area contributed by atoms with Gasteiger partial charge in [-0.3, -0.25) is 0 Å². The lowest BCUT2D eigenvalue weighted by atomic mass is 9.91. The van der Waals surface area contributed by atoms with Gasteiger partial charge in [-0.2, -0.15) is 13.2 Å². The molecule has 0 saturated heterocycles. The highest BCUT2D eigenvalue weighted by Crippen LogP contribution is 2.30. The summed E-state index contributed by atoms with van der Waals surface area (Å²) in [5.74, 6) is 0.382. The molecule has 0 aromatic heterocycles. The predicted molar refractivity (Wildman–Crippen MR) is 102 cm³/mol. The van der Waals surface area contributed by atoms with Crippen LogP contribution in [-0.4, -0.2) is 0 Å². The van der Waals surface area contributed by atoms with E-state index in [0.717, 1.165) is 18.9 Å². The first-order valence-corrected chi connectivity index (χ1v) is 8.76. The zero-order chi connectivity index (χ0) is 18.6. The van der Waals surface area contributed by atoms with Gasteiger partial charge in [-0.05, 0) is 52.8 Å². The highest BCUT2D eigenvalue weighted by molar-refractivity contribution is 5.86. The molecule has 0 aliphatic rings. The molecule has 0 spiro atoms. The second-order valence-corrected chi connectivity index (χ2v) is 6.57. The molecule has 0 bridgehead atoms. The van der Waals surface area contributed by atoms with E-state index in [1.165, 1.54) is 28.5 Å². The van der Waals surface area contributed by atoms with Gasteiger partial charge in [0.05, 0.1) is 5.56 Å². The van der Waals surface area contributed by atoms with Crippen LogP contribution in [0.4, 0.5) is 13.2 Å². The molecule has 3 aromatic rings. The van der Waals surface area contributed by atoms with Crippen LogP contribution in [0.3, 0.4) is 0 Å². The number of hydrogen-bond acceptors (Lipinski definition) is 0. The summed E-state index contributed by atoms with van der Waals surface area (Å²) in [5, 5.41) is 2.50. The van der Waals surface area contributed by atoms with E-state index >= 15 is 0 Å². The lowest BCUT2D eigenvalue weighted by Gasteiger charge is -2.13. The van der Waals surface area contributed by atoms with Crippen molar-refractivity contribution < 1.29 is 13.2 Å². The lowest BCUT2D eigenvalue weighted by Crippen LogP contribution is -2.04. The molecule has 0 heterocycles. The number of benzene rings is 3. The van der Waals surface area contributed by atoms with Gasteiger partial charge in [0.2, 0.25) is 0 Å². The first-order chi connectivity index (χ1) is 12.4. The van der Waals surface area contributed by atoms with Gasteiger partial charge in [-0.25, -0.2) is 0 Å². The van der Waals surface area contributed by atoms with E-state index in [2.05, 4.69) is 37.3 Å². The highest BCUT2D eigenvalue weighted by Gasteiger charge is 2.30. The fourth-order valence-electron chi connectivity index (χ4n) is 3.22. The van der Waals surface area contributed by atoms with E-state index in [1.807, 2.05) is 18.2 Å². The quantitative estimate of drug-likeness (QED) is 0.446. The van der Waals surface area contributed by atoms with Crippen LogP contribution in [-0.2, 0) is 6.18 Å². The lowest BCUT2D eigenvalue weighted by molar-refractivity contribution is -0.137. The van der Waals surface area contributed by atoms with E-state index in [0.29, 0.717) is 11.5 Å². The van der Waals surface area contributed by atoms with Crippen LogP contribution >= 0.6 is 0 Å². The molecule has 0 N–H and O–H groups in total. The van der Waals surface area contributed by atoms with E-state index < -0.39 is 11.7 Å². The van der Waals surface area contributed by atoms with Crippen LogP contribution in [0, 0.1) is 0 Å². The number of hydrogen-bond donors (Lipinski definition) is 0. The molecular weight excluding hydrogens is 333 g/mol. The summed E-state index contributed by atoms with van der Waals surface area (Å²) in [4.78, 5) is 0. The van der Waals surface area contributed by atoms with Crippen molar-refractivity contribution >= 4 is 16.8 Å². The molecule has 0 amide bonds. The normalized spacial score (nSPS) is 13.4. The molecule has 0 nitrogen and oxygen atoms in total. The van der Waals surface area contributed by atoms with Gasteiger partial charge in [-0.1, -0.05) is 73.7 Å². The van der Waals surface area contributed by atoms with Crippen LogP contribution in [0.15, 0.2) is 72.8 Å². The van der Waals surface area contributed by atoms with Crippen LogP contribution in [0.25, 0.3) is 16.8 Å². The predicted octanol–water partition coefficient (Wildman–Crippen LogP) is 7.46. The monoisotopic (exact) mass is 354 g/mol. The number of rotatable bonds is 5. The molecule has 26 heavy (non-hydrogen) atoms. The largest absolute Gasteiger partial charge is 0.416 e. The Hall–Kier alpha value is -2.55. The van der Waals surface area contributed by atoms with Crippen LogP contribution in [0.1, 0.15) is 42.4 Å². The molecule has 0 unspecified atom stereocenters. The first-order valence-electron chi connectivity index (χ1n) is 8.76. The number of halogens is 3. The summed E-state index contributed by atoms with van der Waals surface area (Å²) in [6.45, 7) is 2.19. The molecule has 0 aliphatic heterocycles. The average molecular weight is 354 g/mol. The number of alkyl halides is 3. The van der Waals surface area contributed by atoms with Crippen LogP contribution in [0.5, 0.6) is 0 Å². The molecule has 1 atom stereocenters. The third kappa shape index (κ3) is 4.34. The molecule has 3 heteroatoms. The maximum Gasteiger partial charge on any atom is 0.416 e. The molecule has 0 fully saturated rings. The topological polar surface area (TPSA) is 0 Å². The molecule has 0 aliphatic carbocycles. The van der Waals surface area contributed by atoms with Gasteiger partial charge in [0.15, 0.2) is 0 Å². The summed E-state index contributed by atoms with van der Waals surface area (Å²) in [7, 11) is 0. The zero-order valence-corrected chi connectivity index (χ0v) is 14.6. The van der Waals surface area contributed by atoms with Gasteiger partial charge in [0, 0.05) is 0 Å². The van der Waals surface area contributed by atoms with E-state index in [4.69, 9.17) is 0 Å². The Bertz CT molecular complexity index is 901. The van der Waals surface area contributed by atoms with Gasteiger partial charge in [-0.15, -0.1) is 0 Å². The summed E-state index contributed by atoms with van der Waals surface area (Å²) in [6, 6.07) is 20.1. The second-order valence-electron chi connectivity index (χ2n) is 6.57. The molecule has 0 saturated carbocycles. The third-order valence-corrected chi connectivity index (χ3v) is 4.64. The molecule has 0 radical (unpaired) electrons. The minimum absolute atomic E-state index is 0.382. The van der Waals surface area contributed by atoms with E-state index in [9.17, 15) is 13.2 Å². The van der Waals surface area contributed by atoms with Crippen LogP contribution in [0.2, 0.25) is 0 Å². The minimum Gasteiger partial charge on any atom is -0.166 e. The van der Waals surface area contributed by atoms with Crippen molar-refractivity contribution in [2.24, 2.45) is 0 Å². The molecule has 3 aromatic carbocycles. The smallest absolute Gasteiger partial charge is 0.166 e. The van der Waals surface area contributed by atoms with E-state index in [-0.39, 0.29) is 0 Å². The maximum atomic E-state index is 12.8. The SMILES string of the molecule is C[C@@H](CC/C=C/c1cccc(C(F)(F)F)c1)c1cccc2ccccc12. The van der Waals surface area contributed by atoms with Crippen molar-refractivity contribution in [1.82, 2.24) is 0 Å². The Kier molecular flexibility index (Phi) is 5.46. The second kappa shape index (κ2) is 7.77. The summed E-state index contributed by atoms with van der Waals surface area (Å²) in [5.41, 5.74) is 1.29. The highest BCUT2D eigenvalue weighted by atomic mass is 19.4. The van der Waals surface area contributed by atoms with Crippen molar-refractivity contribution in [1.29, 1.82) is 0 Å². The van der Waals surface area contributed by atoms with Gasteiger partial charge in [0.25, 0.3) is 0 Å². The fourth-order valence-corrected chi connectivity index (χ4v) is 3.22. The van der Waals surface area contributed by atoms with Crippen molar-refractivity contribution in [3.63, 3.8) is 0 Å². The standard InChI is InChI=1S/C23H21F3/c1-17(21-15-7-12-19-11-4-5-14-22(19)21)8-2-3-9-18-10-6-13-20(16-18)23(24,25)26/h3-7,9-17H,2,8H2,1H3/b9-3+/t17-/m0/s1. The fraction of sp³-hybridized carbons (Fsp3) is 0.217. The van der Waals surface area contributed by atoms with Crippen molar-refractivity contribution in [2.45, 2.75) is 31.9 Å². The van der Waals surface area contributed by atoms with Crippen molar-refractivity contribution in [3.8, 4) is 0 Å². The molecule has 3 rings (SSSR count). The maximum absolute atomic E-state index is 12.8. The Labute approximate surface area is 152 Å². The zero-order valence-electron chi connectivity index (χ0n) is 14.6. The summed E-state index contributed by atoms with van der Waals surface area (Å²) >= 11 is 0. The summed E-state index contributed by atoms with van der Waals surface area (Å²) in [6.07, 6.45) is 1.19. The Balaban J connectivity index is 1.65. The van der Waals surface area contributed by atoms with E-state index in [1.54, 1.807) is 12.1 Å². The average Bonchev–Trinajstić information content (AvgIpc) is 2.64. The Morgan fingerprint density at radius 3 is 2.46 bits per heavy atom. The van der Waals surface area contributed by atoms with Gasteiger partial charge < -0.3 is 0 Å².